The number of benzene rings is 1. The van der Waals surface area contributed by atoms with Crippen LogP contribution in [-0.4, -0.2) is 6.04 Å². The summed E-state index contributed by atoms with van der Waals surface area (Å²) < 4.78 is 1.31. The summed E-state index contributed by atoms with van der Waals surface area (Å²) in [4.78, 5) is 0. The van der Waals surface area contributed by atoms with Gasteiger partial charge in [0.1, 0.15) is 0 Å². The van der Waals surface area contributed by atoms with E-state index in [1.807, 2.05) is 0 Å². The van der Waals surface area contributed by atoms with Crippen LogP contribution in [0.4, 0.5) is 0 Å². The van der Waals surface area contributed by atoms with E-state index in [-0.39, 0.29) is 0 Å². The first kappa shape index (κ1) is 14.3. The van der Waals surface area contributed by atoms with Gasteiger partial charge < -0.3 is 5.32 Å². The highest BCUT2D eigenvalue weighted by Gasteiger charge is 2.14. The first-order valence-electron chi connectivity index (χ1n) is 7.27. The maximum atomic E-state index is 3.82. The lowest BCUT2D eigenvalue weighted by Crippen LogP contribution is -2.32. The Labute approximate surface area is 125 Å². The standard InChI is InChI=1S/C16H24IN/c1-13(14-9-11-15(17)12-10-14)18-16-7-5-3-2-4-6-8-16/h9-13,16,18H,2-8H2,1H3. The van der Waals surface area contributed by atoms with Crippen molar-refractivity contribution in [3.8, 4) is 0 Å². The predicted octanol–water partition coefficient (Wildman–Crippen LogP) is 5.05. The van der Waals surface area contributed by atoms with Crippen LogP contribution in [0.2, 0.25) is 0 Å². The summed E-state index contributed by atoms with van der Waals surface area (Å²) in [5, 5.41) is 3.82. The van der Waals surface area contributed by atoms with Crippen LogP contribution in [0, 0.1) is 3.57 Å². The zero-order valence-corrected chi connectivity index (χ0v) is 13.4. The molecule has 0 spiro atoms. The highest BCUT2D eigenvalue weighted by Crippen LogP contribution is 2.21. The summed E-state index contributed by atoms with van der Waals surface area (Å²) in [6, 6.07) is 10.1. The molecule has 0 aromatic heterocycles. The molecule has 1 unspecified atom stereocenters. The topological polar surface area (TPSA) is 12.0 Å². The molecule has 1 fully saturated rings. The molecule has 0 radical (unpaired) electrons. The van der Waals surface area contributed by atoms with Gasteiger partial charge in [-0.3, -0.25) is 0 Å². The molecule has 100 valence electrons. The third-order valence-corrected chi connectivity index (χ3v) is 4.68. The third-order valence-electron chi connectivity index (χ3n) is 3.96. The van der Waals surface area contributed by atoms with Crippen molar-refractivity contribution < 1.29 is 0 Å². The second-order valence-corrected chi connectivity index (χ2v) is 6.73. The van der Waals surface area contributed by atoms with E-state index in [9.17, 15) is 0 Å². The summed E-state index contributed by atoms with van der Waals surface area (Å²) in [7, 11) is 0. The fraction of sp³-hybridized carbons (Fsp3) is 0.625. The smallest absolute Gasteiger partial charge is 0.0294 e. The molecule has 1 nitrogen and oxygen atoms in total. The molecular formula is C16H24IN. The molecule has 1 aliphatic carbocycles. The molecule has 1 saturated carbocycles. The molecule has 0 heterocycles. The molecular weight excluding hydrogens is 333 g/mol. The van der Waals surface area contributed by atoms with Crippen LogP contribution in [0.1, 0.15) is 63.5 Å². The quantitative estimate of drug-likeness (QED) is 0.746. The Morgan fingerprint density at radius 1 is 1.00 bits per heavy atom. The summed E-state index contributed by atoms with van der Waals surface area (Å²) >= 11 is 2.36. The summed E-state index contributed by atoms with van der Waals surface area (Å²) in [5.41, 5.74) is 1.41. The van der Waals surface area contributed by atoms with Gasteiger partial charge in [0.2, 0.25) is 0 Å². The van der Waals surface area contributed by atoms with Crippen molar-refractivity contribution >= 4 is 22.6 Å². The van der Waals surface area contributed by atoms with E-state index in [1.165, 1.54) is 54.1 Å². The van der Waals surface area contributed by atoms with Gasteiger partial charge in [-0.25, -0.2) is 0 Å². The Bertz CT molecular complexity index is 339. The van der Waals surface area contributed by atoms with Crippen LogP contribution in [0.3, 0.4) is 0 Å². The second-order valence-electron chi connectivity index (χ2n) is 5.48. The maximum Gasteiger partial charge on any atom is 0.0294 e. The van der Waals surface area contributed by atoms with E-state index in [1.54, 1.807) is 0 Å². The predicted molar refractivity (Wildman–Crippen MR) is 86.8 cm³/mol. The van der Waals surface area contributed by atoms with Gasteiger partial charge in [-0.1, -0.05) is 44.2 Å². The van der Waals surface area contributed by atoms with Crippen molar-refractivity contribution in [2.45, 2.75) is 64.0 Å². The fourth-order valence-corrected chi connectivity index (χ4v) is 3.18. The van der Waals surface area contributed by atoms with Crippen molar-refractivity contribution in [1.82, 2.24) is 5.32 Å². The zero-order valence-electron chi connectivity index (χ0n) is 11.3. The van der Waals surface area contributed by atoms with E-state index in [0.29, 0.717) is 6.04 Å². The van der Waals surface area contributed by atoms with Crippen LogP contribution < -0.4 is 5.32 Å². The Hall–Kier alpha value is -0.0900. The third kappa shape index (κ3) is 4.54. The second kappa shape index (κ2) is 7.49. The van der Waals surface area contributed by atoms with Crippen molar-refractivity contribution in [2.75, 3.05) is 0 Å². The largest absolute Gasteiger partial charge is 0.307 e. The lowest BCUT2D eigenvalue weighted by Gasteiger charge is -2.25. The van der Waals surface area contributed by atoms with Crippen LogP contribution in [0.25, 0.3) is 0 Å². The normalized spacial score (nSPS) is 20.1. The van der Waals surface area contributed by atoms with Gasteiger partial charge in [0.05, 0.1) is 0 Å². The van der Waals surface area contributed by atoms with Gasteiger partial charge in [-0.05, 0) is 60.1 Å². The fourth-order valence-electron chi connectivity index (χ4n) is 2.82. The van der Waals surface area contributed by atoms with Crippen molar-refractivity contribution in [3.05, 3.63) is 33.4 Å². The van der Waals surface area contributed by atoms with Gasteiger partial charge in [-0.15, -0.1) is 0 Å². The number of hydrogen-bond acceptors (Lipinski definition) is 1. The van der Waals surface area contributed by atoms with E-state index >= 15 is 0 Å². The van der Waals surface area contributed by atoms with Gasteiger partial charge >= 0.3 is 0 Å². The number of hydrogen-bond donors (Lipinski definition) is 1. The molecule has 2 heteroatoms. The zero-order chi connectivity index (χ0) is 12.8. The monoisotopic (exact) mass is 357 g/mol. The molecule has 0 aliphatic heterocycles. The van der Waals surface area contributed by atoms with E-state index in [0.717, 1.165) is 6.04 Å². The van der Waals surface area contributed by atoms with E-state index in [2.05, 4.69) is 59.1 Å². The minimum absolute atomic E-state index is 0.478. The van der Waals surface area contributed by atoms with Crippen molar-refractivity contribution in [1.29, 1.82) is 0 Å². The van der Waals surface area contributed by atoms with Gasteiger partial charge in [0.15, 0.2) is 0 Å². The van der Waals surface area contributed by atoms with E-state index in [4.69, 9.17) is 0 Å². The molecule has 1 aliphatic rings. The van der Waals surface area contributed by atoms with Crippen LogP contribution in [0.15, 0.2) is 24.3 Å². The summed E-state index contributed by atoms with van der Waals surface area (Å²) in [6.45, 7) is 2.29. The van der Waals surface area contributed by atoms with E-state index < -0.39 is 0 Å². The number of rotatable bonds is 3. The number of nitrogens with one attached hydrogen (secondary N) is 1. The highest BCUT2D eigenvalue weighted by molar-refractivity contribution is 14.1. The number of halogens is 1. The minimum Gasteiger partial charge on any atom is -0.307 e. The Balaban J connectivity index is 1.88. The molecule has 18 heavy (non-hydrogen) atoms. The average molecular weight is 357 g/mol. The summed E-state index contributed by atoms with van der Waals surface area (Å²) in [6.07, 6.45) is 9.81. The lowest BCUT2D eigenvalue weighted by molar-refractivity contribution is 0.363. The van der Waals surface area contributed by atoms with Crippen molar-refractivity contribution in [3.63, 3.8) is 0 Å². The van der Waals surface area contributed by atoms with Crippen molar-refractivity contribution in [2.24, 2.45) is 0 Å². The molecule has 1 N–H and O–H groups in total. The molecule has 0 amide bonds. The van der Waals surface area contributed by atoms with Gasteiger partial charge in [-0.2, -0.15) is 0 Å². The average Bonchev–Trinajstić information content (AvgIpc) is 2.33. The van der Waals surface area contributed by atoms with Crippen LogP contribution >= 0.6 is 22.6 Å². The molecule has 1 aromatic carbocycles. The highest BCUT2D eigenvalue weighted by atomic mass is 127. The molecule has 2 rings (SSSR count). The molecule has 0 bridgehead atoms. The SMILES string of the molecule is CC(NC1CCCCCCC1)c1ccc(I)cc1. The Morgan fingerprint density at radius 3 is 2.17 bits per heavy atom. The van der Waals surface area contributed by atoms with Gasteiger partial charge in [0.25, 0.3) is 0 Å². The molecule has 1 atom stereocenters. The van der Waals surface area contributed by atoms with Crippen LogP contribution in [0.5, 0.6) is 0 Å². The lowest BCUT2D eigenvalue weighted by atomic mass is 9.95. The minimum atomic E-state index is 0.478. The summed E-state index contributed by atoms with van der Waals surface area (Å²) in [5.74, 6) is 0. The molecule has 1 aromatic rings. The first-order valence-corrected chi connectivity index (χ1v) is 8.35. The first-order chi connectivity index (χ1) is 8.75. The maximum absolute atomic E-state index is 3.82. The Kier molecular flexibility index (Phi) is 5.96. The molecule has 0 saturated heterocycles. The van der Waals surface area contributed by atoms with Crippen LogP contribution in [-0.2, 0) is 0 Å². The van der Waals surface area contributed by atoms with Gasteiger partial charge in [0, 0.05) is 15.7 Å². The Morgan fingerprint density at radius 2 is 1.56 bits per heavy atom.